The van der Waals surface area contributed by atoms with Crippen LogP contribution in [0.1, 0.15) is 33.1 Å². The fraction of sp³-hybridized carbons (Fsp3) is 1.00. The molecule has 15 heavy (non-hydrogen) atoms. The van der Waals surface area contributed by atoms with E-state index in [1.165, 1.54) is 38.9 Å². The molecule has 0 saturated carbocycles. The van der Waals surface area contributed by atoms with Crippen LogP contribution in [0.4, 0.5) is 0 Å². The highest BCUT2D eigenvalue weighted by Crippen LogP contribution is 2.28. The number of hydrogen-bond donors (Lipinski definition) is 1. The van der Waals surface area contributed by atoms with Gasteiger partial charge in [-0.15, -0.1) is 0 Å². The van der Waals surface area contributed by atoms with Crippen molar-refractivity contribution in [3.63, 3.8) is 0 Å². The van der Waals surface area contributed by atoms with Crippen LogP contribution in [0.3, 0.4) is 0 Å². The number of hydrogen-bond acceptors (Lipinski definition) is 2. The van der Waals surface area contributed by atoms with Gasteiger partial charge in [-0.1, -0.05) is 13.8 Å². The Morgan fingerprint density at radius 3 is 2.33 bits per heavy atom. The normalized spacial score (nSPS) is 22.2. The summed E-state index contributed by atoms with van der Waals surface area (Å²) < 4.78 is 0. The number of nitrogens with zero attached hydrogens (tertiary/aromatic N) is 1. The quantitative estimate of drug-likeness (QED) is 0.751. The van der Waals surface area contributed by atoms with Gasteiger partial charge in [-0.25, -0.2) is 0 Å². The lowest BCUT2D eigenvalue weighted by Crippen LogP contribution is -2.36. The van der Waals surface area contributed by atoms with E-state index in [0.29, 0.717) is 0 Å². The molecule has 1 saturated heterocycles. The molecule has 90 valence electrons. The topological polar surface area (TPSA) is 15.3 Å². The third-order valence-electron chi connectivity index (χ3n) is 3.67. The highest BCUT2D eigenvalue weighted by molar-refractivity contribution is 4.78. The number of likely N-dealkylation sites (tertiary alicyclic amines) is 1. The average molecular weight is 212 g/mol. The van der Waals surface area contributed by atoms with Gasteiger partial charge in [-0.2, -0.15) is 0 Å². The minimum atomic E-state index is 0.836. The van der Waals surface area contributed by atoms with Crippen LogP contribution in [0.5, 0.6) is 0 Å². The van der Waals surface area contributed by atoms with Crippen molar-refractivity contribution in [1.82, 2.24) is 10.2 Å². The minimum Gasteiger partial charge on any atom is -0.319 e. The van der Waals surface area contributed by atoms with E-state index in [2.05, 4.69) is 38.2 Å². The van der Waals surface area contributed by atoms with Crippen molar-refractivity contribution in [3.05, 3.63) is 0 Å². The van der Waals surface area contributed by atoms with Crippen LogP contribution < -0.4 is 5.32 Å². The van der Waals surface area contributed by atoms with Gasteiger partial charge >= 0.3 is 0 Å². The molecule has 1 atom stereocenters. The molecule has 1 unspecified atom stereocenters. The first-order chi connectivity index (χ1) is 7.13. The summed E-state index contributed by atoms with van der Waals surface area (Å²) in [6.07, 6.45) is 4.18. The van der Waals surface area contributed by atoms with Crippen LogP contribution in [0.15, 0.2) is 0 Å². The first kappa shape index (κ1) is 13.0. The number of rotatable bonds is 5. The Balaban J connectivity index is 2.40. The summed E-state index contributed by atoms with van der Waals surface area (Å²) in [6, 6.07) is 0. The third-order valence-corrected chi connectivity index (χ3v) is 3.67. The van der Waals surface area contributed by atoms with E-state index >= 15 is 0 Å². The monoisotopic (exact) mass is 212 g/mol. The van der Waals surface area contributed by atoms with Crippen LogP contribution >= 0.6 is 0 Å². The first-order valence-corrected chi connectivity index (χ1v) is 6.46. The third kappa shape index (κ3) is 4.52. The van der Waals surface area contributed by atoms with Crippen molar-refractivity contribution >= 4 is 0 Å². The maximum atomic E-state index is 3.37. The van der Waals surface area contributed by atoms with E-state index in [4.69, 9.17) is 0 Å². The van der Waals surface area contributed by atoms with Crippen molar-refractivity contribution in [1.29, 1.82) is 0 Å². The Hall–Kier alpha value is -0.0800. The number of piperidine rings is 1. The minimum absolute atomic E-state index is 0.836. The van der Waals surface area contributed by atoms with Gasteiger partial charge in [0, 0.05) is 0 Å². The van der Waals surface area contributed by atoms with Crippen molar-refractivity contribution in [2.45, 2.75) is 33.1 Å². The molecule has 0 bridgehead atoms. The van der Waals surface area contributed by atoms with E-state index in [-0.39, 0.29) is 0 Å². The standard InChI is InChI=1S/C13H28N2/c1-11(2)9-13(10-14-3)12-5-7-15(4)8-6-12/h11-14H,5-10H2,1-4H3. The fourth-order valence-corrected chi connectivity index (χ4v) is 2.81. The fourth-order valence-electron chi connectivity index (χ4n) is 2.81. The zero-order valence-corrected chi connectivity index (χ0v) is 10.9. The van der Waals surface area contributed by atoms with Crippen LogP contribution in [0.25, 0.3) is 0 Å². The van der Waals surface area contributed by atoms with E-state index in [9.17, 15) is 0 Å². The zero-order valence-electron chi connectivity index (χ0n) is 10.9. The maximum Gasteiger partial charge on any atom is -0.00190 e. The Labute approximate surface area is 95.4 Å². The van der Waals surface area contributed by atoms with Gasteiger partial charge in [-0.05, 0) is 70.7 Å². The molecular formula is C13H28N2. The highest BCUT2D eigenvalue weighted by Gasteiger charge is 2.25. The Bertz CT molecular complexity index is 160. The lowest BCUT2D eigenvalue weighted by atomic mass is 9.80. The molecule has 1 N–H and O–H groups in total. The van der Waals surface area contributed by atoms with Crippen LogP contribution in [-0.2, 0) is 0 Å². The van der Waals surface area contributed by atoms with Gasteiger partial charge in [0.1, 0.15) is 0 Å². The van der Waals surface area contributed by atoms with E-state index in [0.717, 1.165) is 17.8 Å². The van der Waals surface area contributed by atoms with Crippen LogP contribution in [0.2, 0.25) is 0 Å². The van der Waals surface area contributed by atoms with Crippen molar-refractivity contribution in [2.24, 2.45) is 17.8 Å². The number of nitrogens with one attached hydrogen (secondary N) is 1. The zero-order chi connectivity index (χ0) is 11.3. The predicted octanol–water partition coefficient (Wildman–Crippen LogP) is 2.21. The Kier molecular flexibility index (Phi) is 5.62. The molecule has 0 aromatic rings. The lowest BCUT2D eigenvalue weighted by Gasteiger charge is -2.35. The largest absolute Gasteiger partial charge is 0.319 e. The maximum absolute atomic E-state index is 3.37. The summed E-state index contributed by atoms with van der Waals surface area (Å²) >= 11 is 0. The first-order valence-electron chi connectivity index (χ1n) is 6.46. The smallest absolute Gasteiger partial charge is 0.00190 e. The van der Waals surface area contributed by atoms with E-state index in [1.807, 2.05) is 0 Å². The summed E-state index contributed by atoms with van der Waals surface area (Å²) in [6.45, 7) is 8.48. The molecule has 2 nitrogen and oxygen atoms in total. The second-order valence-corrected chi connectivity index (χ2v) is 5.59. The molecule has 2 heteroatoms. The second-order valence-electron chi connectivity index (χ2n) is 5.59. The Morgan fingerprint density at radius 2 is 1.87 bits per heavy atom. The molecular weight excluding hydrogens is 184 g/mol. The predicted molar refractivity (Wildman–Crippen MR) is 67.1 cm³/mol. The molecule has 1 rings (SSSR count). The van der Waals surface area contributed by atoms with Gasteiger partial charge in [0.15, 0.2) is 0 Å². The SMILES string of the molecule is CNCC(CC(C)C)C1CCN(C)CC1. The summed E-state index contributed by atoms with van der Waals surface area (Å²) in [5, 5.41) is 3.37. The molecule has 1 fully saturated rings. The molecule has 0 aliphatic carbocycles. The van der Waals surface area contributed by atoms with Crippen LogP contribution in [-0.4, -0.2) is 38.6 Å². The van der Waals surface area contributed by atoms with Gasteiger partial charge < -0.3 is 10.2 Å². The highest BCUT2D eigenvalue weighted by atomic mass is 15.1. The molecule has 1 heterocycles. The molecule has 0 aromatic carbocycles. The van der Waals surface area contributed by atoms with Crippen molar-refractivity contribution in [2.75, 3.05) is 33.7 Å². The van der Waals surface area contributed by atoms with Crippen LogP contribution in [0, 0.1) is 17.8 Å². The summed E-state index contributed by atoms with van der Waals surface area (Å²) in [5.41, 5.74) is 0. The van der Waals surface area contributed by atoms with Crippen molar-refractivity contribution < 1.29 is 0 Å². The van der Waals surface area contributed by atoms with Crippen molar-refractivity contribution in [3.8, 4) is 0 Å². The van der Waals surface area contributed by atoms with Gasteiger partial charge in [-0.3, -0.25) is 0 Å². The van der Waals surface area contributed by atoms with Gasteiger partial charge in [0.05, 0.1) is 0 Å². The molecule has 0 radical (unpaired) electrons. The lowest BCUT2D eigenvalue weighted by molar-refractivity contribution is 0.156. The van der Waals surface area contributed by atoms with E-state index in [1.54, 1.807) is 0 Å². The molecule has 0 spiro atoms. The van der Waals surface area contributed by atoms with E-state index < -0.39 is 0 Å². The average Bonchev–Trinajstić information content (AvgIpc) is 2.17. The summed E-state index contributed by atoms with van der Waals surface area (Å²) in [7, 11) is 4.33. The molecule has 1 aliphatic heterocycles. The molecule has 0 amide bonds. The molecule has 0 aromatic heterocycles. The Morgan fingerprint density at radius 1 is 1.27 bits per heavy atom. The molecule has 1 aliphatic rings. The van der Waals surface area contributed by atoms with Gasteiger partial charge in [0.25, 0.3) is 0 Å². The summed E-state index contributed by atoms with van der Waals surface area (Å²) in [5.74, 6) is 2.68. The summed E-state index contributed by atoms with van der Waals surface area (Å²) in [4.78, 5) is 2.46. The second kappa shape index (κ2) is 6.49. The van der Waals surface area contributed by atoms with Gasteiger partial charge in [0.2, 0.25) is 0 Å².